The van der Waals surface area contributed by atoms with Crippen molar-refractivity contribution in [2.45, 2.75) is 32.4 Å². The molecule has 0 radical (unpaired) electrons. The smallest absolute Gasteiger partial charge is 0.191 e. The monoisotopic (exact) mass is 548 g/mol. The summed E-state index contributed by atoms with van der Waals surface area (Å²) in [5, 5.41) is 19.4. The van der Waals surface area contributed by atoms with Crippen LogP contribution in [0.3, 0.4) is 0 Å². The number of thiophene rings is 1. The van der Waals surface area contributed by atoms with Gasteiger partial charge in [0.25, 0.3) is 0 Å². The number of morpholine rings is 1. The lowest BCUT2D eigenvalue weighted by atomic mass is 10.1. The number of guanidine groups is 1. The quantitative estimate of drug-likeness (QED) is 0.267. The summed E-state index contributed by atoms with van der Waals surface area (Å²) in [5.41, 5.74) is -0.988. The van der Waals surface area contributed by atoms with E-state index in [9.17, 15) is 5.11 Å². The zero-order valence-electron chi connectivity index (χ0n) is 17.9. The highest BCUT2D eigenvalue weighted by molar-refractivity contribution is 14.0. The van der Waals surface area contributed by atoms with E-state index in [2.05, 4.69) is 20.5 Å². The van der Waals surface area contributed by atoms with Crippen LogP contribution in [0.25, 0.3) is 0 Å². The molecule has 2 unspecified atom stereocenters. The molecule has 1 fully saturated rings. The lowest BCUT2D eigenvalue weighted by Gasteiger charge is -2.33. The predicted molar refractivity (Wildman–Crippen MR) is 132 cm³/mol. The van der Waals surface area contributed by atoms with Gasteiger partial charge in [-0.25, -0.2) is 4.99 Å². The summed E-state index contributed by atoms with van der Waals surface area (Å²) >= 11 is 1.54. The largest absolute Gasteiger partial charge is 0.465 e. The van der Waals surface area contributed by atoms with Gasteiger partial charge < -0.3 is 24.9 Å². The maximum atomic E-state index is 10.8. The molecular formula is C21H33IN4O3S. The Hall–Kier alpha value is -1.14. The van der Waals surface area contributed by atoms with Crippen LogP contribution in [0.15, 0.2) is 39.1 Å². The van der Waals surface area contributed by atoms with Gasteiger partial charge in [0.15, 0.2) is 5.96 Å². The Kier molecular flexibility index (Phi) is 10.1. The lowest BCUT2D eigenvalue weighted by molar-refractivity contribution is 0.0124. The Morgan fingerprint density at radius 1 is 1.30 bits per heavy atom. The molecule has 168 valence electrons. The Morgan fingerprint density at radius 3 is 2.67 bits per heavy atom. The van der Waals surface area contributed by atoms with Crippen LogP contribution in [-0.4, -0.2) is 61.9 Å². The molecule has 2 aromatic rings. The molecule has 30 heavy (non-hydrogen) atoms. The molecular weight excluding hydrogens is 515 g/mol. The number of aryl methyl sites for hydroxylation is 1. The average molecular weight is 548 g/mol. The maximum absolute atomic E-state index is 10.8. The number of hydrogen-bond donors (Lipinski definition) is 3. The molecule has 7 nitrogen and oxygen atoms in total. The zero-order chi connectivity index (χ0) is 20.7. The topological polar surface area (TPSA) is 82.3 Å². The average Bonchev–Trinajstić information content (AvgIpc) is 3.40. The van der Waals surface area contributed by atoms with Crippen molar-refractivity contribution in [2.24, 2.45) is 4.99 Å². The fourth-order valence-corrected chi connectivity index (χ4v) is 4.14. The van der Waals surface area contributed by atoms with Crippen molar-refractivity contribution >= 4 is 41.3 Å². The van der Waals surface area contributed by atoms with Gasteiger partial charge >= 0.3 is 0 Å². The van der Waals surface area contributed by atoms with Crippen molar-refractivity contribution in [1.29, 1.82) is 0 Å². The van der Waals surface area contributed by atoms with E-state index in [1.54, 1.807) is 18.3 Å². The van der Waals surface area contributed by atoms with Crippen LogP contribution >= 0.6 is 35.3 Å². The molecule has 3 heterocycles. The number of furan rings is 1. The van der Waals surface area contributed by atoms with Crippen molar-refractivity contribution in [3.05, 3.63) is 46.0 Å². The Labute approximate surface area is 199 Å². The van der Waals surface area contributed by atoms with Crippen molar-refractivity contribution in [1.82, 2.24) is 15.5 Å². The van der Waals surface area contributed by atoms with E-state index in [1.165, 1.54) is 0 Å². The van der Waals surface area contributed by atoms with Gasteiger partial charge in [-0.3, -0.25) is 4.90 Å². The minimum absolute atomic E-state index is 0. The molecule has 1 aliphatic heterocycles. The standard InChI is InChI=1S/C21H32N4O3S.HI/c1-4-22-20(24-15-21(3,26)19-6-5-13-29-19)23-14-17(18-8-7-16(2)28-18)25-9-11-27-12-10-25;/h5-8,13,17,26H,4,9-12,14-15H2,1-3H3,(H2,22,23,24);1H. The molecule has 3 N–H and O–H groups in total. The van der Waals surface area contributed by atoms with Crippen molar-refractivity contribution in [2.75, 3.05) is 45.9 Å². The number of aliphatic hydroxyl groups is 1. The van der Waals surface area contributed by atoms with Crippen molar-refractivity contribution in [3.63, 3.8) is 0 Å². The highest BCUT2D eigenvalue weighted by Crippen LogP contribution is 2.26. The molecule has 0 aliphatic carbocycles. The van der Waals surface area contributed by atoms with Gasteiger partial charge in [-0.1, -0.05) is 6.07 Å². The number of hydrogen-bond acceptors (Lipinski definition) is 6. The number of nitrogens with zero attached hydrogens (tertiary/aromatic N) is 2. The number of nitrogens with one attached hydrogen (secondary N) is 2. The molecule has 0 spiro atoms. The second-order valence-electron chi connectivity index (χ2n) is 7.44. The molecule has 2 atom stereocenters. The maximum Gasteiger partial charge on any atom is 0.191 e. The Bertz CT molecular complexity index is 773. The van der Waals surface area contributed by atoms with E-state index in [0.717, 1.165) is 49.2 Å². The zero-order valence-corrected chi connectivity index (χ0v) is 21.0. The van der Waals surface area contributed by atoms with Crippen molar-refractivity contribution in [3.8, 4) is 0 Å². The molecule has 0 saturated carbocycles. The third-order valence-electron chi connectivity index (χ3n) is 4.98. The predicted octanol–water partition coefficient (Wildman–Crippen LogP) is 3.10. The summed E-state index contributed by atoms with van der Waals surface area (Å²) in [5.74, 6) is 2.54. The van der Waals surface area contributed by atoms with Gasteiger partial charge in [-0.2, -0.15) is 0 Å². The molecule has 0 aromatic carbocycles. The highest BCUT2D eigenvalue weighted by Gasteiger charge is 2.26. The second kappa shape index (κ2) is 12.0. The summed E-state index contributed by atoms with van der Waals surface area (Å²) in [7, 11) is 0. The minimum Gasteiger partial charge on any atom is -0.465 e. The van der Waals surface area contributed by atoms with Gasteiger partial charge in [-0.05, 0) is 44.4 Å². The number of halogens is 1. The van der Waals surface area contributed by atoms with E-state index >= 15 is 0 Å². The van der Waals surface area contributed by atoms with Crippen molar-refractivity contribution < 1.29 is 14.3 Å². The van der Waals surface area contributed by atoms with E-state index in [4.69, 9.17) is 9.15 Å². The summed E-state index contributed by atoms with van der Waals surface area (Å²) < 4.78 is 11.4. The van der Waals surface area contributed by atoms with Gasteiger partial charge in [0, 0.05) is 31.1 Å². The minimum atomic E-state index is -0.988. The molecule has 0 bridgehead atoms. The Morgan fingerprint density at radius 2 is 2.07 bits per heavy atom. The second-order valence-corrected chi connectivity index (χ2v) is 8.39. The van der Waals surface area contributed by atoms with Crippen LogP contribution in [0.4, 0.5) is 0 Å². The van der Waals surface area contributed by atoms with E-state index in [1.807, 2.05) is 43.5 Å². The third-order valence-corrected chi connectivity index (χ3v) is 6.10. The number of ether oxygens (including phenoxy) is 1. The summed E-state index contributed by atoms with van der Waals surface area (Å²) in [6.07, 6.45) is 0. The summed E-state index contributed by atoms with van der Waals surface area (Å²) in [6.45, 7) is 10.7. The summed E-state index contributed by atoms with van der Waals surface area (Å²) in [4.78, 5) is 7.92. The number of rotatable bonds is 8. The molecule has 9 heteroatoms. The molecule has 3 rings (SSSR count). The van der Waals surface area contributed by atoms with E-state index < -0.39 is 5.60 Å². The van der Waals surface area contributed by atoms with Gasteiger partial charge in [-0.15, -0.1) is 35.3 Å². The van der Waals surface area contributed by atoms with Gasteiger partial charge in [0.2, 0.25) is 0 Å². The van der Waals surface area contributed by atoms with Crippen LogP contribution in [0, 0.1) is 6.92 Å². The highest BCUT2D eigenvalue weighted by atomic mass is 127. The molecule has 2 aromatic heterocycles. The first-order valence-corrected chi connectivity index (χ1v) is 11.0. The third kappa shape index (κ3) is 6.94. The lowest BCUT2D eigenvalue weighted by Crippen LogP contribution is -2.46. The van der Waals surface area contributed by atoms with E-state index in [-0.39, 0.29) is 36.6 Å². The first kappa shape index (κ1) is 25.1. The fourth-order valence-electron chi connectivity index (χ4n) is 3.36. The molecule has 1 aliphatic rings. The van der Waals surface area contributed by atoms with Gasteiger partial charge in [0.1, 0.15) is 17.1 Å². The van der Waals surface area contributed by atoms with Crippen LogP contribution < -0.4 is 10.6 Å². The SMILES string of the molecule is CCNC(=NCC(C)(O)c1cccs1)NCC(c1ccc(C)o1)N1CCOCC1.I. The first-order chi connectivity index (χ1) is 14.0. The van der Waals surface area contributed by atoms with Crippen LogP contribution in [0.5, 0.6) is 0 Å². The van der Waals surface area contributed by atoms with Crippen LogP contribution in [0.1, 0.15) is 36.3 Å². The fraction of sp³-hybridized carbons (Fsp3) is 0.571. The van der Waals surface area contributed by atoms with Crippen LogP contribution in [-0.2, 0) is 10.3 Å². The van der Waals surface area contributed by atoms with Crippen LogP contribution in [0.2, 0.25) is 0 Å². The molecule has 0 amide bonds. The van der Waals surface area contributed by atoms with E-state index in [0.29, 0.717) is 12.5 Å². The first-order valence-electron chi connectivity index (χ1n) is 10.2. The summed E-state index contributed by atoms with van der Waals surface area (Å²) in [6, 6.07) is 8.02. The number of aliphatic imine (C=N–C) groups is 1. The molecule has 1 saturated heterocycles. The normalized spacial score (nSPS) is 18.3. The Balaban J connectivity index is 0.00000320. The van der Waals surface area contributed by atoms with Gasteiger partial charge in [0.05, 0.1) is 25.8 Å².